The van der Waals surface area contributed by atoms with Crippen molar-refractivity contribution in [1.29, 1.82) is 0 Å². The molecule has 1 N–H and O–H groups in total. The molecule has 1 saturated heterocycles. The second-order valence-electron chi connectivity index (χ2n) is 7.50. The Morgan fingerprint density at radius 3 is 2.87 bits per heavy atom. The molecule has 0 saturated carbocycles. The summed E-state index contributed by atoms with van der Waals surface area (Å²) in [6, 6.07) is 12.2. The average Bonchev–Trinajstić information content (AvgIpc) is 3.21. The van der Waals surface area contributed by atoms with Gasteiger partial charge in [-0.05, 0) is 60.6 Å². The number of morpholine rings is 1. The summed E-state index contributed by atoms with van der Waals surface area (Å²) in [6.45, 7) is 6.13. The Labute approximate surface area is 183 Å². The van der Waals surface area contributed by atoms with Gasteiger partial charge in [-0.1, -0.05) is 5.16 Å². The molecule has 0 aliphatic carbocycles. The van der Waals surface area contributed by atoms with Crippen LogP contribution < -0.4 is 0 Å². The van der Waals surface area contributed by atoms with E-state index in [1.54, 1.807) is 18.7 Å². The topological polar surface area (TPSA) is 88.1 Å². The van der Waals surface area contributed by atoms with Crippen LogP contribution in [0.4, 0.5) is 0 Å². The number of aromatic nitrogens is 4. The first-order valence-electron chi connectivity index (χ1n) is 10.1. The highest BCUT2D eigenvalue weighted by Gasteiger charge is 2.13. The molecular formula is C22H22N6O2S. The fourth-order valence-electron chi connectivity index (χ4n) is 3.64. The number of hydrogen-bond acceptors (Lipinski definition) is 8. The number of fused-ring (bicyclic) bond motifs is 2. The Hall–Kier alpha value is -3.01. The molecule has 0 unspecified atom stereocenters. The maximum atomic E-state index is 9.07. The second-order valence-corrected chi connectivity index (χ2v) is 8.54. The van der Waals surface area contributed by atoms with E-state index >= 15 is 0 Å². The van der Waals surface area contributed by atoms with E-state index in [0.717, 1.165) is 65.0 Å². The van der Waals surface area contributed by atoms with E-state index in [1.165, 1.54) is 5.56 Å². The van der Waals surface area contributed by atoms with Crippen molar-refractivity contribution in [3.05, 3.63) is 59.9 Å². The van der Waals surface area contributed by atoms with Gasteiger partial charge in [0.1, 0.15) is 0 Å². The molecule has 9 heteroatoms. The lowest BCUT2D eigenvalue weighted by Gasteiger charge is -2.26. The van der Waals surface area contributed by atoms with E-state index in [2.05, 4.69) is 37.4 Å². The minimum Gasteiger partial charge on any atom is -0.411 e. The third-order valence-corrected chi connectivity index (χ3v) is 6.32. The lowest BCUT2D eigenvalue weighted by Crippen LogP contribution is -2.35. The molecular weight excluding hydrogens is 412 g/mol. The van der Waals surface area contributed by atoms with E-state index in [0.29, 0.717) is 5.71 Å². The number of nitrogens with zero attached hydrogens (tertiary/aromatic N) is 6. The maximum Gasteiger partial charge on any atom is 0.200 e. The van der Waals surface area contributed by atoms with Gasteiger partial charge in [0.2, 0.25) is 0 Å². The molecule has 5 rings (SSSR count). The fraction of sp³-hybridized carbons (Fsp3) is 0.273. The monoisotopic (exact) mass is 434 g/mol. The first-order chi connectivity index (χ1) is 15.2. The molecule has 0 radical (unpaired) electrons. The number of benzene rings is 1. The van der Waals surface area contributed by atoms with Crippen molar-refractivity contribution >= 4 is 34.0 Å². The predicted octanol–water partition coefficient (Wildman–Crippen LogP) is 3.46. The van der Waals surface area contributed by atoms with Crippen LogP contribution in [0.2, 0.25) is 0 Å². The van der Waals surface area contributed by atoms with Gasteiger partial charge in [0.15, 0.2) is 10.8 Å². The van der Waals surface area contributed by atoms with Crippen LogP contribution in [-0.2, 0) is 11.3 Å². The van der Waals surface area contributed by atoms with Gasteiger partial charge in [-0.3, -0.25) is 14.3 Å². The van der Waals surface area contributed by atoms with Crippen molar-refractivity contribution < 1.29 is 9.94 Å². The zero-order chi connectivity index (χ0) is 21.2. The number of pyridine rings is 2. The van der Waals surface area contributed by atoms with Crippen LogP contribution in [0.5, 0.6) is 0 Å². The molecule has 4 aromatic rings. The number of ether oxygens (including phenoxy) is 1. The molecule has 1 fully saturated rings. The van der Waals surface area contributed by atoms with Gasteiger partial charge in [0, 0.05) is 47.9 Å². The molecule has 158 valence electrons. The summed E-state index contributed by atoms with van der Waals surface area (Å²) in [7, 11) is 0. The zero-order valence-corrected chi connectivity index (χ0v) is 17.9. The number of oxime groups is 1. The Kier molecular flexibility index (Phi) is 5.54. The smallest absolute Gasteiger partial charge is 0.200 e. The van der Waals surface area contributed by atoms with Crippen molar-refractivity contribution in [3.8, 4) is 0 Å². The Balaban J connectivity index is 1.42. The van der Waals surface area contributed by atoms with Crippen LogP contribution in [0, 0.1) is 0 Å². The van der Waals surface area contributed by atoms with Gasteiger partial charge < -0.3 is 9.94 Å². The van der Waals surface area contributed by atoms with Crippen LogP contribution >= 0.6 is 11.8 Å². The van der Waals surface area contributed by atoms with Crippen molar-refractivity contribution in [2.24, 2.45) is 5.16 Å². The van der Waals surface area contributed by atoms with Gasteiger partial charge >= 0.3 is 0 Å². The lowest BCUT2D eigenvalue weighted by atomic mass is 10.1. The molecule has 0 spiro atoms. The first kappa shape index (κ1) is 19.9. The molecule has 0 bridgehead atoms. The first-order valence-corrected chi connectivity index (χ1v) is 10.9. The quantitative estimate of drug-likeness (QED) is 0.292. The summed E-state index contributed by atoms with van der Waals surface area (Å²) in [5.74, 6) is 0. The Morgan fingerprint density at radius 1 is 1.16 bits per heavy atom. The molecule has 0 amide bonds. The number of hydrogen-bond donors (Lipinski definition) is 1. The van der Waals surface area contributed by atoms with Gasteiger partial charge in [0.05, 0.1) is 24.4 Å². The van der Waals surface area contributed by atoms with Crippen molar-refractivity contribution in [2.45, 2.75) is 23.5 Å². The van der Waals surface area contributed by atoms with Crippen molar-refractivity contribution in [2.75, 3.05) is 26.3 Å². The number of rotatable bonds is 5. The molecule has 8 nitrogen and oxygen atoms in total. The van der Waals surface area contributed by atoms with Gasteiger partial charge in [-0.15, -0.1) is 10.2 Å². The minimum absolute atomic E-state index is 0.538. The third-order valence-electron chi connectivity index (χ3n) is 5.37. The Morgan fingerprint density at radius 2 is 2.03 bits per heavy atom. The van der Waals surface area contributed by atoms with E-state index in [4.69, 9.17) is 9.94 Å². The largest absolute Gasteiger partial charge is 0.411 e. The average molecular weight is 435 g/mol. The second kappa shape index (κ2) is 8.62. The molecule has 0 atom stereocenters. The molecule has 1 aromatic carbocycles. The van der Waals surface area contributed by atoms with E-state index in [-0.39, 0.29) is 0 Å². The van der Waals surface area contributed by atoms with Gasteiger partial charge in [-0.25, -0.2) is 0 Å². The summed E-state index contributed by atoms with van der Waals surface area (Å²) in [6.07, 6.45) is 3.85. The van der Waals surface area contributed by atoms with Gasteiger partial charge in [-0.2, -0.15) is 0 Å². The van der Waals surface area contributed by atoms with Crippen molar-refractivity contribution in [1.82, 2.24) is 24.5 Å². The lowest BCUT2D eigenvalue weighted by molar-refractivity contribution is 0.0341. The molecule has 1 aliphatic heterocycles. The Bertz CT molecular complexity index is 1270. The summed E-state index contributed by atoms with van der Waals surface area (Å²) in [4.78, 5) is 8.09. The van der Waals surface area contributed by atoms with E-state index in [9.17, 15) is 0 Å². The molecule has 3 aromatic heterocycles. The molecule has 31 heavy (non-hydrogen) atoms. The summed E-state index contributed by atoms with van der Waals surface area (Å²) in [5, 5.41) is 22.8. The van der Waals surface area contributed by atoms with E-state index in [1.807, 2.05) is 41.1 Å². The van der Waals surface area contributed by atoms with Crippen LogP contribution in [0.25, 0.3) is 16.6 Å². The highest BCUT2D eigenvalue weighted by molar-refractivity contribution is 7.99. The molecule has 1 aliphatic rings. The van der Waals surface area contributed by atoms with Crippen molar-refractivity contribution in [3.63, 3.8) is 0 Å². The van der Waals surface area contributed by atoms with Crippen LogP contribution in [0.3, 0.4) is 0 Å². The maximum absolute atomic E-state index is 9.07. The minimum atomic E-state index is 0.538. The highest BCUT2D eigenvalue weighted by Crippen LogP contribution is 2.29. The van der Waals surface area contributed by atoms with Crippen LogP contribution in [0.1, 0.15) is 18.1 Å². The predicted molar refractivity (Wildman–Crippen MR) is 119 cm³/mol. The van der Waals surface area contributed by atoms with E-state index < -0.39 is 0 Å². The van der Waals surface area contributed by atoms with Crippen LogP contribution in [-0.4, -0.2) is 61.7 Å². The summed E-state index contributed by atoms with van der Waals surface area (Å²) >= 11 is 1.54. The SMILES string of the molecule is C/C(=N\O)c1ccc2nnc(Sc3ccc4ncc(CN5CCOCC5)cc4c3)n2c1. The standard InChI is InChI=1S/C22H22N6O2S/c1-15(26-29)17-2-5-21-24-25-22(28(21)14-17)31-19-3-4-20-18(11-19)10-16(12-23-20)13-27-6-8-30-9-7-27/h2-5,10-12,14,29H,6-9,13H2,1H3/b26-15+. The third kappa shape index (κ3) is 4.25. The van der Waals surface area contributed by atoms with Crippen LogP contribution in [0.15, 0.2) is 64.0 Å². The fourth-order valence-corrected chi connectivity index (χ4v) is 4.50. The normalized spacial score (nSPS) is 15.7. The zero-order valence-electron chi connectivity index (χ0n) is 17.1. The summed E-state index contributed by atoms with van der Waals surface area (Å²) in [5.41, 5.74) is 4.27. The van der Waals surface area contributed by atoms with Gasteiger partial charge in [0.25, 0.3) is 0 Å². The highest BCUT2D eigenvalue weighted by atomic mass is 32.2. The summed E-state index contributed by atoms with van der Waals surface area (Å²) < 4.78 is 7.35. The molecule has 4 heterocycles.